The maximum Gasteiger partial charge on any atom is 0.239 e. The van der Waals surface area contributed by atoms with Gasteiger partial charge in [-0.3, -0.25) is 4.98 Å². The monoisotopic (exact) mass is 340 g/mol. The Morgan fingerprint density at radius 3 is 2.67 bits per heavy atom. The van der Waals surface area contributed by atoms with Crippen molar-refractivity contribution in [1.29, 1.82) is 0 Å². The maximum absolute atomic E-state index is 13.2. The molecule has 1 unspecified atom stereocenters. The third kappa shape index (κ3) is 2.68. The van der Waals surface area contributed by atoms with Gasteiger partial charge >= 0.3 is 0 Å². The van der Waals surface area contributed by atoms with Gasteiger partial charge in [0.25, 0.3) is 0 Å². The lowest BCUT2D eigenvalue weighted by atomic mass is 9.98. The number of benzene rings is 1. The number of fused-ring (bicyclic) bond motifs is 1. The number of aryl methyl sites for hydroxylation is 1. The number of hydrogen-bond donors (Lipinski definition) is 0. The molecule has 24 heavy (non-hydrogen) atoms. The highest BCUT2D eigenvalue weighted by Crippen LogP contribution is 2.38. The molecule has 1 aliphatic heterocycles. The van der Waals surface area contributed by atoms with Gasteiger partial charge in [-0.25, -0.2) is 8.42 Å². The van der Waals surface area contributed by atoms with Gasteiger partial charge in [0, 0.05) is 18.9 Å². The van der Waals surface area contributed by atoms with Crippen molar-refractivity contribution in [2.45, 2.75) is 31.7 Å². The van der Waals surface area contributed by atoms with E-state index in [4.69, 9.17) is 0 Å². The van der Waals surface area contributed by atoms with E-state index in [1.165, 1.54) is 5.56 Å². The molecule has 0 bridgehead atoms. The summed E-state index contributed by atoms with van der Waals surface area (Å²) in [7, 11) is -3.43. The Labute approximate surface area is 142 Å². The second-order valence-electron chi connectivity index (χ2n) is 6.36. The molecule has 1 atom stereocenters. The van der Waals surface area contributed by atoms with Crippen LogP contribution in [0, 0.1) is 0 Å². The lowest BCUT2D eigenvalue weighted by Gasteiger charge is -2.27. The first-order valence-electron chi connectivity index (χ1n) is 8.36. The molecule has 0 saturated carbocycles. The van der Waals surface area contributed by atoms with Crippen LogP contribution in [0.1, 0.15) is 42.0 Å². The average Bonchev–Trinajstić information content (AvgIpc) is 3.13. The minimum atomic E-state index is -3.43. The van der Waals surface area contributed by atoms with E-state index >= 15 is 0 Å². The fourth-order valence-electron chi connectivity index (χ4n) is 3.71. The Hall–Kier alpha value is -1.98. The molecule has 4 nitrogen and oxygen atoms in total. The van der Waals surface area contributed by atoms with Crippen molar-refractivity contribution in [3.8, 4) is 0 Å². The molecule has 0 spiro atoms. The maximum atomic E-state index is 13.2. The van der Waals surface area contributed by atoms with E-state index in [9.17, 15) is 8.42 Å². The number of rotatable bonds is 3. The summed E-state index contributed by atoms with van der Waals surface area (Å²) in [5.41, 5.74) is 3.29. The third-order valence-corrected chi connectivity index (χ3v) is 6.99. The van der Waals surface area contributed by atoms with Crippen molar-refractivity contribution in [2.24, 2.45) is 0 Å². The summed E-state index contributed by atoms with van der Waals surface area (Å²) in [4.78, 5) is 4.58. The SMILES string of the molecule is O=S(=O)(C1=Cc2ccccc2CC1)N1CCCC1c1ccncc1. The van der Waals surface area contributed by atoms with Gasteiger partial charge in [-0.15, -0.1) is 0 Å². The number of hydrogen-bond acceptors (Lipinski definition) is 3. The van der Waals surface area contributed by atoms with E-state index in [2.05, 4.69) is 11.1 Å². The molecule has 2 heterocycles. The van der Waals surface area contributed by atoms with Crippen LogP contribution in [0.15, 0.2) is 53.7 Å². The van der Waals surface area contributed by atoms with E-state index in [0.717, 1.165) is 30.4 Å². The van der Waals surface area contributed by atoms with Crippen LogP contribution >= 0.6 is 0 Å². The second kappa shape index (κ2) is 6.15. The topological polar surface area (TPSA) is 50.3 Å². The zero-order valence-corrected chi connectivity index (χ0v) is 14.2. The molecule has 0 radical (unpaired) electrons. The molecule has 5 heteroatoms. The van der Waals surface area contributed by atoms with Gasteiger partial charge in [0.2, 0.25) is 10.0 Å². The molecule has 1 aromatic carbocycles. The van der Waals surface area contributed by atoms with Crippen molar-refractivity contribution in [3.63, 3.8) is 0 Å². The smallest absolute Gasteiger partial charge is 0.239 e. The Bertz CT molecular complexity index is 875. The molecule has 1 fully saturated rings. The standard InChI is InChI=1S/C19H20N2O2S/c22-24(23,18-8-7-15-4-1-2-5-17(15)14-18)21-13-3-6-19(21)16-9-11-20-12-10-16/h1-2,4-5,9-12,14,19H,3,6-8,13H2. The highest BCUT2D eigenvalue weighted by Gasteiger charge is 2.37. The molecular weight excluding hydrogens is 320 g/mol. The first kappa shape index (κ1) is 15.5. The van der Waals surface area contributed by atoms with Crippen LogP contribution in [0.25, 0.3) is 6.08 Å². The Kier molecular flexibility index (Phi) is 3.98. The van der Waals surface area contributed by atoms with Crippen LogP contribution in [-0.4, -0.2) is 24.3 Å². The summed E-state index contributed by atoms with van der Waals surface area (Å²) in [6.07, 6.45) is 8.45. The minimum Gasteiger partial charge on any atom is -0.265 e. The summed E-state index contributed by atoms with van der Waals surface area (Å²) < 4.78 is 28.1. The van der Waals surface area contributed by atoms with Gasteiger partial charge in [-0.1, -0.05) is 24.3 Å². The van der Waals surface area contributed by atoms with Gasteiger partial charge in [0.1, 0.15) is 0 Å². The predicted molar refractivity (Wildman–Crippen MR) is 94.6 cm³/mol. The van der Waals surface area contributed by atoms with Crippen molar-refractivity contribution >= 4 is 16.1 Å². The first-order valence-corrected chi connectivity index (χ1v) is 9.80. The zero-order valence-electron chi connectivity index (χ0n) is 13.4. The largest absolute Gasteiger partial charge is 0.265 e. The number of sulfonamides is 1. The summed E-state index contributed by atoms with van der Waals surface area (Å²) >= 11 is 0. The highest BCUT2D eigenvalue weighted by atomic mass is 32.2. The van der Waals surface area contributed by atoms with Crippen LogP contribution in [0.2, 0.25) is 0 Å². The zero-order chi connectivity index (χ0) is 16.6. The van der Waals surface area contributed by atoms with Gasteiger partial charge in [0.05, 0.1) is 10.9 Å². The van der Waals surface area contributed by atoms with E-state index in [0.29, 0.717) is 17.9 Å². The molecule has 0 amide bonds. The molecule has 2 aromatic rings. The first-order chi connectivity index (χ1) is 11.7. The molecule has 1 aromatic heterocycles. The summed E-state index contributed by atoms with van der Waals surface area (Å²) in [5, 5.41) is 0. The fraction of sp³-hybridized carbons (Fsp3) is 0.316. The van der Waals surface area contributed by atoms with E-state index in [1.807, 2.05) is 36.4 Å². The predicted octanol–water partition coefficient (Wildman–Crippen LogP) is 3.54. The Balaban J connectivity index is 1.69. The molecule has 0 N–H and O–H groups in total. The van der Waals surface area contributed by atoms with Crippen LogP contribution in [-0.2, 0) is 16.4 Å². The minimum absolute atomic E-state index is 0.0731. The summed E-state index contributed by atoms with van der Waals surface area (Å²) in [6, 6.07) is 11.8. The summed E-state index contributed by atoms with van der Waals surface area (Å²) in [5.74, 6) is 0. The molecule has 124 valence electrons. The number of allylic oxidation sites excluding steroid dienone is 1. The van der Waals surface area contributed by atoms with Gasteiger partial charge < -0.3 is 0 Å². The number of aromatic nitrogens is 1. The number of pyridine rings is 1. The quantitative estimate of drug-likeness (QED) is 0.859. The summed E-state index contributed by atoms with van der Waals surface area (Å²) in [6.45, 7) is 0.592. The second-order valence-corrected chi connectivity index (χ2v) is 8.31. The van der Waals surface area contributed by atoms with Crippen molar-refractivity contribution in [1.82, 2.24) is 9.29 Å². The highest BCUT2D eigenvalue weighted by molar-refractivity contribution is 7.93. The third-order valence-electron chi connectivity index (χ3n) is 4.95. The van der Waals surface area contributed by atoms with E-state index < -0.39 is 10.0 Å². The van der Waals surface area contributed by atoms with Gasteiger partial charge in [-0.05, 0) is 60.6 Å². The van der Waals surface area contributed by atoms with Crippen molar-refractivity contribution in [2.75, 3.05) is 6.54 Å². The lowest BCUT2D eigenvalue weighted by Crippen LogP contribution is -2.32. The van der Waals surface area contributed by atoms with Crippen LogP contribution in [0.3, 0.4) is 0 Å². The molecule has 1 aliphatic carbocycles. The fourth-order valence-corrected chi connectivity index (χ4v) is 5.58. The average molecular weight is 340 g/mol. The van der Waals surface area contributed by atoms with Crippen molar-refractivity contribution < 1.29 is 8.42 Å². The van der Waals surface area contributed by atoms with E-state index in [1.54, 1.807) is 16.7 Å². The molecule has 4 rings (SSSR count). The Morgan fingerprint density at radius 1 is 1.04 bits per heavy atom. The van der Waals surface area contributed by atoms with Gasteiger partial charge in [0.15, 0.2) is 0 Å². The Morgan fingerprint density at radius 2 is 1.83 bits per heavy atom. The molecule has 2 aliphatic rings. The number of nitrogens with zero attached hydrogens (tertiary/aromatic N) is 2. The van der Waals surface area contributed by atoms with Crippen LogP contribution in [0.5, 0.6) is 0 Å². The van der Waals surface area contributed by atoms with Gasteiger partial charge in [-0.2, -0.15) is 4.31 Å². The van der Waals surface area contributed by atoms with Crippen molar-refractivity contribution in [3.05, 3.63) is 70.4 Å². The lowest BCUT2D eigenvalue weighted by molar-refractivity contribution is 0.400. The molecule has 1 saturated heterocycles. The van der Waals surface area contributed by atoms with Crippen LogP contribution in [0.4, 0.5) is 0 Å². The van der Waals surface area contributed by atoms with Crippen LogP contribution < -0.4 is 0 Å². The normalized spacial score (nSPS) is 21.3. The van der Waals surface area contributed by atoms with E-state index in [-0.39, 0.29) is 6.04 Å². The molecular formula is C19H20N2O2S.